The van der Waals surface area contributed by atoms with Gasteiger partial charge in [0.25, 0.3) is 5.91 Å². The summed E-state index contributed by atoms with van der Waals surface area (Å²) in [6.45, 7) is 0. The first-order valence-electron chi connectivity index (χ1n) is 8.11. The highest BCUT2D eigenvalue weighted by Crippen LogP contribution is 2.22. The number of carbonyl (C=O) groups excluding carboxylic acids is 1. The number of rotatable bonds is 6. The lowest BCUT2D eigenvalue weighted by molar-refractivity contribution is 0.0950. The third-order valence-corrected chi connectivity index (χ3v) is 4.08. The van der Waals surface area contributed by atoms with E-state index in [0.29, 0.717) is 11.4 Å². The van der Waals surface area contributed by atoms with E-state index in [4.69, 9.17) is 4.74 Å². The van der Waals surface area contributed by atoms with Crippen molar-refractivity contribution in [2.75, 3.05) is 7.11 Å². The maximum absolute atomic E-state index is 12.2. The maximum atomic E-state index is 12.2. The molecule has 0 spiro atoms. The summed E-state index contributed by atoms with van der Waals surface area (Å²) in [4.78, 5) is 12.2. The van der Waals surface area contributed by atoms with Crippen molar-refractivity contribution >= 4 is 34.1 Å². The fourth-order valence-electron chi connectivity index (χ4n) is 2.33. The summed E-state index contributed by atoms with van der Waals surface area (Å²) in [5, 5.41) is 10.8. The van der Waals surface area contributed by atoms with Gasteiger partial charge in [-0.25, -0.2) is 5.43 Å². The molecule has 0 fully saturated rings. The minimum absolute atomic E-state index is 0.313. The smallest absolute Gasteiger partial charge is 0.289 e. The van der Waals surface area contributed by atoms with E-state index in [1.807, 2.05) is 60.7 Å². The Morgan fingerprint density at radius 1 is 1.19 bits per heavy atom. The van der Waals surface area contributed by atoms with Crippen molar-refractivity contribution in [1.82, 2.24) is 15.6 Å². The number of amides is 1. The normalized spacial score (nSPS) is 11.6. The van der Waals surface area contributed by atoms with Crippen molar-refractivity contribution in [2.24, 2.45) is 5.10 Å². The molecule has 1 amide bonds. The van der Waals surface area contributed by atoms with Crippen molar-refractivity contribution < 1.29 is 9.53 Å². The average Bonchev–Trinajstić information content (AvgIpc) is 3.19. The van der Waals surface area contributed by atoms with Gasteiger partial charge in [0.2, 0.25) is 0 Å². The molecule has 1 heterocycles. The lowest BCUT2D eigenvalue weighted by Crippen LogP contribution is -2.17. The molecule has 136 valence electrons. The number of aromatic amines is 1. The molecule has 3 aromatic rings. The molecular weight excluding hydrogens is 408 g/mol. The maximum Gasteiger partial charge on any atom is 0.289 e. The fraction of sp³-hybridized carbons (Fsp3) is 0.0500. The standard InChI is InChI=1S/C20H17BrN4O2/c1-27-17-9-5-8-15(11-17)18-12-19(24-23-18)20(26)25-22-13-16(21)10-14-6-3-2-4-7-14/h2-13H,1H3,(H,23,24)(H,25,26)/b16-10-,22-13+. The molecule has 7 heteroatoms. The molecule has 0 aliphatic rings. The third-order valence-electron chi connectivity index (χ3n) is 3.65. The number of hydrazone groups is 1. The van der Waals surface area contributed by atoms with E-state index in [1.165, 1.54) is 6.21 Å². The summed E-state index contributed by atoms with van der Waals surface area (Å²) in [6.07, 6.45) is 3.41. The van der Waals surface area contributed by atoms with Crippen LogP contribution < -0.4 is 10.2 Å². The molecule has 0 aliphatic carbocycles. The number of hydrogen-bond acceptors (Lipinski definition) is 4. The molecule has 0 unspecified atom stereocenters. The Bertz CT molecular complexity index is 980. The lowest BCUT2D eigenvalue weighted by Gasteiger charge is -2.00. The van der Waals surface area contributed by atoms with Gasteiger partial charge in [-0.3, -0.25) is 9.89 Å². The molecule has 0 aliphatic heterocycles. The van der Waals surface area contributed by atoms with Gasteiger partial charge in [0, 0.05) is 10.0 Å². The van der Waals surface area contributed by atoms with Gasteiger partial charge >= 0.3 is 0 Å². The molecule has 0 radical (unpaired) electrons. The van der Waals surface area contributed by atoms with Crippen molar-refractivity contribution in [1.29, 1.82) is 0 Å². The van der Waals surface area contributed by atoms with Crippen molar-refractivity contribution in [3.63, 3.8) is 0 Å². The predicted molar refractivity (Wildman–Crippen MR) is 110 cm³/mol. The Labute approximate surface area is 165 Å². The van der Waals surface area contributed by atoms with E-state index in [-0.39, 0.29) is 5.91 Å². The van der Waals surface area contributed by atoms with E-state index in [1.54, 1.807) is 13.2 Å². The number of H-pyrrole nitrogens is 1. The second-order valence-electron chi connectivity index (χ2n) is 5.54. The predicted octanol–water partition coefficient (Wildman–Crippen LogP) is 4.24. The van der Waals surface area contributed by atoms with Crippen LogP contribution in [-0.2, 0) is 0 Å². The Hall–Kier alpha value is -3.19. The number of allylic oxidation sites excluding steroid dienone is 1. The Morgan fingerprint density at radius 3 is 2.78 bits per heavy atom. The van der Waals surface area contributed by atoms with E-state index in [2.05, 4.69) is 36.7 Å². The van der Waals surface area contributed by atoms with Crippen LogP contribution in [0.2, 0.25) is 0 Å². The van der Waals surface area contributed by atoms with Gasteiger partial charge in [0.05, 0.1) is 19.0 Å². The number of methoxy groups -OCH3 is 1. The van der Waals surface area contributed by atoms with Gasteiger partial charge in [0.15, 0.2) is 0 Å². The highest BCUT2D eigenvalue weighted by molar-refractivity contribution is 9.12. The lowest BCUT2D eigenvalue weighted by atomic mass is 10.1. The minimum atomic E-state index is -0.382. The van der Waals surface area contributed by atoms with Crippen LogP contribution in [0.4, 0.5) is 0 Å². The number of carbonyl (C=O) groups is 1. The van der Waals surface area contributed by atoms with Gasteiger partial charge in [-0.15, -0.1) is 0 Å². The highest BCUT2D eigenvalue weighted by Gasteiger charge is 2.10. The third kappa shape index (κ3) is 5.15. The number of nitrogens with one attached hydrogen (secondary N) is 2. The number of ether oxygens (including phenoxy) is 1. The fourth-order valence-corrected chi connectivity index (χ4v) is 2.69. The first-order valence-corrected chi connectivity index (χ1v) is 8.90. The highest BCUT2D eigenvalue weighted by atomic mass is 79.9. The van der Waals surface area contributed by atoms with Crippen LogP contribution in [0.25, 0.3) is 17.3 Å². The van der Waals surface area contributed by atoms with Gasteiger partial charge in [-0.05, 0) is 45.8 Å². The molecule has 3 rings (SSSR count). The summed E-state index contributed by atoms with van der Waals surface area (Å²) in [5.74, 6) is 0.342. The number of aromatic nitrogens is 2. The molecule has 0 saturated heterocycles. The van der Waals surface area contributed by atoms with Crippen molar-refractivity contribution in [2.45, 2.75) is 0 Å². The number of halogens is 1. The summed E-state index contributed by atoms with van der Waals surface area (Å²) in [7, 11) is 1.60. The summed E-state index contributed by atoms with van der Waals surface area (Å²) < 4.78 is 5.93. The van der Waals surface area contributed by atoms with E-state index < -0.39 is 0 Å². The summed E-state index contributed by atoms with van der Waals surface area (Å²) in [5.41, 5.74) is 5.30. The van der Waals surface area contributed by atoms with Crippen LogP contribution in [-0.4, -0.2) is 29.4 Å². The second kappa shape index (κ2) is 8.95. The Balaban J connectivity index is 1.63. The number of benzene rings is 2. The van der Waals surface area contributed by atoms with Crippen LogP contribution in [0, 0.1) is 0 Å². The molecule has 27 heavy (non-hydrogen) atoms. The largest absolute Gasteiger partial charge is 0.497 e. The van der Waals surface area contributed by atoms with Crippen LogP contribution in [0.5, 0.6) is 5.75 Å². The van der Waals surface area contributed by atoms with Crippen LogP contribution in [0.3, 0.4) is 0 Å². The average molecular weight is 425 g/mol. The molecule has 0 atom stereocenters. The van der Waals surface area contributed by atoms with Gasteiger partial charge < -0.3 is 4.74 Å². The molecule has 6 nitrogen and oxygen atoms in total. The first-order chi connectivity index (χ1) is 13.2. The zero-order valence-corrected chi connectivity index (χ0v) is 16.1. The first kappa shape index (κ1) is 18.6. The minimum Gasteiger partial charge on any atom is -0.497 e. The monoisotopic (exact) mass is 424 g/mol. The molecule has 0 bridgehead atoms. The second-order valence-corrected chi connectivity index (χ2v) is 6.45. The molecule has 2 N–H and O–H groups in total. The van der Waals surface area contributed by atoms with Gasteiger partial charge in [0.1, 0.15) is 11.4 Å². The quantitative estimate of drug-likeness (QED) is 0.458. The van der Waals surface area contributed by atoms with E-state index in [0.717, 1.165) is 21.4 Å². The Morgan fingerprint density at radius 2 is 2.00 bits per heavy atom. The summed E-state index contributed by atoms with van der Waals surface area (Å²) >= 11 is 3.40. The zero-order chi connectivity index (χ0) is 19.1. The van der Waals surface area contributed by atoms with Crippen LogP contribution in [0.15, 0.2) is 70.2 Å². The zero-order valence-electron chi connectivity index (χ0n) is 14.5. The van der Waals surface area contributed by atoms with Crippen LogP contribution in [0.1, 0.15) is 16.1 Å². The molecular formula is C20H17BrN4O2. The SMILES string of the molecule is COc1cccc(-c2cc(C(=O)N/N=C/C(Br)=C/c3ccccc3)[nH]n2)c1. The van der Waals surface area contributed by atoms with E-state index in [9.17, 15) is 4.79 Å². The molecule has 1 aromatic heterocycles. The molecule has 2 aromatic carbocycles. The van der Waals surface area contributed by atoms with Crippen molar-refractivity contribution in [3.8, 4) is 17.0 Å². The van der Waals surface area contributed by atoms with Gasteiger partial charge in [-0.2, -0.15) is 10.2 Å². The van der Waals surface area contributed by atoms with Gasteiger partial charge in [-0.1, -0.05) is 42.5 Å². The van der Waals surface area contributed by atoms with Crippen molar-refractivity contribution in [3.05, 3.63) is 76.4 Å². The molecule has 0 saturated carbocycles. The number of hydrogen-bond donors (Lipinski definition) is 2. The van der Waals surface area contributed by atoms with E-state index >= 15 is 0 Å². The summed E-state index contributed by atoms with van der Waals surface area (Å²) in [6, 6.07) is 18.9. The van der Waals surface area contributed by atoms with Crippen LogP contribution >= 0.6 is 15.9 Å². The topological polar surface area (TPSA) is 79.4 Å². The Kier molecular flexibility index (Phi) is 6.17. The number of nitrogens with zero attached hydrogens (tertiary/aromatic N) is 2.